The van der Waals surface area contributed by atoms with E-state index in [9.17, 15) is 4.79 Å². The number of para-hydroxylation sites is 2. The first-order chi connectivity index (χ1) is 13.7. The molecule has 2 aliphatic heterocycles. The fourth-order valence-corrected chi connectivity index (χ4v) is 3.69. The Morgan fingerprint density at radius 3 is 2.71 bits per heavy atom. The summed E-state index contributed by atoms with van der Waals surface area (Å²) in [5.41, 5.74) is 0.801. The van der Waals surface area contributed by atoms with E-state index in [0.717, 1.165) is 16.9 Å². The van der Waals surface area contributed by atoms with E-state index < -0.39 is 6.10 Å². The minimum Gasteiger partial charge on any atom is -0.485 e. The van der Waals surface area contributed by atoms with E-state index in [-0.39, 0.29) is 12.5 Å². The number of piperazine rings is 1. The first kappa shape index (κ1) is 16.8. The predicted octanol–water partition coefficient (Wildman–Crippen LogP) is 0.852. The molecule has 5 rings (SSSR count). The molecule has 1 aromatic carbocycles. The standard InChI is InChI=1S/C19H20N6O3/c1-23-17-13(10-22-23)18(21-12-20-17)24-6-8-25(9-7-24)19(26)16-11-27-14-4-2-3-5-15(14)28-16/h2-5,10,12,16H,6-9,11H2,1H3/t16-/m1/s1. The van der Waals surface area contributed by atoms with E-state index in [1.807, 2.05) is 36.2 Å². The van der Waals surface area contributed by atoms with Gasteiger partial charge in [-0.15, -0.1) is 0 Å². The Labute approximate surface area is 161 Å². The van der Waals surface area contributed by atoms with Crippen LogP contribution in [0.1, 0.15) is 0 Å². The van der Waals surface area contributed by atoms with Crippen molar-refractivity contribution < 1.29 is 14.3 Å². The third-order valence-corrected chi connectivity index (χ3v) is 5.18. The van der Waals surface area contributed by atoms with Crippen LogP contribution in [-0.4, -0.2) is 69.4 Å². The van der Waals surface area contributed by atoms with Crippen LogP contribution in [-0.2, 0) is 11.8 Å². The van der Waals surface area contributed by atoms with Gasteiger partial charge in [-0.05, 0) is 12.1 Å². The summed E-state index contributed by atoms with van der Waals surface area (Å²) in [5.74, 6) is 2.12. The molecular formula is C19H20N6O3. The maximum absolute atomic E-state index is 12.9. The Kier molecular flexibility index (Phi) is 4.00. The van der Waals surface area contributed by atoms with Crippen LogP contribution in [0.2, 0.25) is 0 Å². The summed E-state index contributed by atoms with van der Waals surface area (Å²) in [5, 5.41) is 5.19. The van der Waals surface area contributed by atoms with Crippen molar-refractivity contribution in [3.05, 3.63) is 36.8 Å². The van der Waals surface area contributed by atoms with Gasteiger partial charge in [0.25, 0.3) is 5.91 Å². The largest absolute Gasteiger partial charge is 0.485 e. The van der Waals surface area contributed by atoms with Crippen molar-refractivity contribution in [3.8, 4) is 11.5 Å². The van der Waals surface area contributed by atoms with Gasteiger partial charge in [-0.25, -0.2) is 9.97 Å². The van der Waals surface area contributed by atoms with Crippen molar-refractivity contribution in [2.24, 2.45) is 7.05 Å². The van der Waals surface area contributed by atoms with Gasteiger partial charge in [0.05, 0.1) is 11.6 Å². The van der Waals surface area contributed by atoms with Crippen LogP contribution in [0.4, 0.5) is 5.82 Å². The van der Waals surface area contributed by atoms with E-state index in [0.29, 0.717) is 37.7 Å². The summed E-state index contributed by atoms with van der Waals surface area (Å²) in [7, 11) is 1.86. The average molecular weight is 380 g/mol. The minimum atomic E-state index is -0.606. The van der Waals surface area contributed by atoms with Crippen LogP contribution in [0.5, 0.6) is 11.5 Å². The molecule has 1 amide bonds. The maximum Gasteiger partial charge on any atom is 0.267 e. The lowest BCUT2D eigenvalue weighted by Crippen LogP contribution is -2.54. The summed E-state index contributed by atoms with van der Waals surface area (Å²) in [6.45, 7) is 2.82. The van der Waals surface area contributed by atoms with E-state index in [1.165, 1.54) is 0 Å². The van der Waals surface area contributed by atoms with E-state index in [4.69, 9.17) is 9.47 Å². The number of nitrogens with zero attached hydrogens (tertiary/aromatic N) is 6. The molecule has 4 heterocycles. The first-order valence-electron chi connectivity index (χ1n) is 9.25. The van der Waals surface area contributed by atoms with Crippen molar-refractivity contribution >= 4 is 22.8 Å². The molecule has 0 saturated carbocycles. The number of amides is 1. The molecule has 2 aromatic heterocycles. The van der Waals surface area contributed by atoms with Gasteiger partial charge in [0.2, 0.25) is 6.10 Å². The number of carbonyl (C=O) groups excluding carboxylic acids is 1. The smallest absolute Gasteiger partial charge is 0.267 e. The number of ether oxygens (including phenoxy) is 2. The van der Waals surface area contributed by atoms with Crippen LogP contribution >= 0.6 is 0 Å². The molecule has 0 N–H and O–H groups in total. The van der Waals surface area contributed by atoms with E-state index in [1.54, 1.807) is 17.2 Å². The van der Waals surface area contributed by atoms with Gasteiger partial charge in [-0.1, -0.05) is 12.1 Å². The molecule has 1 atom stereocenters. The lowest BCUT2D eigenvalue weighted by molar-refractivity contribution is -0.141. The number of fused-ring (bicyclic) bond motifs is 2. The third-order valence-electron chi connectivity index (χ3n) is 5.18. The molecule has 0 aliphatic carbocycles. The third kappa shape index (κ3) is 2.79. The van der Waals surface area contributed by atoms with Gasteiger partial charge in [0.15, 0.2) is 17.1 Å². The molecule has 144 valence electrons. The molecule has 9 nitrogen and oxygen atoms in total. The molecule has 1 saturated heterocycles. The van der Waals surface area contributed by atoms with Crippen molar-refractivity contribution in [2.45, 2.75) is 6.10 Å². The topological polar surface area (TPSA) is 85.6 Å². The predicted molar refractivity (Wildman–Crippen MR) is 101 cm³/mol. The van der Waals surface area contributed by atoms with Gasteiger partial charge >= 0.3 is 0 Å². The Hall–Kier alpha value is -3.36. The zero-order valence-electron chi connectivity index (χ0n) is 15.5. The quantitative estimate of drug-likeness (QED) is 0.652. The van der Waals surface area contributed by atoms with Crippen LogP contribution < -0.4 is 14.4 Å². The Bertz CT molecular complexity index is 1030. The minimum absolute atomic E-state index is 0.0386. The van der Waals surface area contributed by atoms with Crippen molar-refractivity contribution in [2.75, 3.05) is 37.7 Å². The summed E-state index contributed by atoms with van der Waals surface area (Å²) in [6, 6.07) is 7.42. The lowest BCUT2D eigenvalue weighted by Gasteiger charge is -2.37. The van der Waals surface area contributed by atoms with Gasteiger partial charge < -0.3 is 19.3 Å². The monoisotopic (exact) mass is 380 g/mol. The van der Waals surface area contributed by atoms with Gasteiger partial charge in [-0.3, -0.25) is 9.48 Å². The number of benzene rings is 1. The number of carbonyl (C=O) groups is 1. The molecule has 28 heavy (non-hydrogen) atoms. The van der Waals surface area contributed by atoms with Crippen LogP contribution in [0.3, 0.4) is 0 Å². The summed E-state index contributed by atoms with van der Waals surface area (Å²) in [6.07, 6.45) is 2.74. The van der Waals surface area contributed by atoms with Crippen LogP contribution in [0.15, 0.2) is 36.8 Å². The SMILES string of the molecule is Cn1ncc2c(N3CCN(C(=O)[C@H]4COc5ccccc5O4)CC3)ncnc21. The average Bonchev–Trinajstić information content (AvgIpc) is 3.14. The van der Waals surface area contributed by atoms with Crippen molar-refractivity contribution in [1.82, 2.24) is 24.6 Å². The van der Waals surface area contributed by atoms with E-state index >= 15 is 0 Å². The highest BCUT2D eigenvalue weighted by Crippen LogP contribution is 2.31. The zero-order valence-corrected chi connectivity index (χ0v) is 15.5. The molecule has 0 radical (unpaired) electrons. The molecular weight excluding hydrogens is 360 g/mol. The highest BCUT2D eigenvalue weighted by atomic mass is 16.6. The second-order valence-electron chi connectivity index (χ2n) is 6.88. The van der Waals surface area contributed by atoms with Gasteiger partial charge in [0, 0.05) is 33.2 Å². The Balaban J connectivity index is 1.26. The number of aryl methyl sites for hydroxylation is 1. The van der Waals surface area contributed by atoms with Crippen molar-refractivity contribution in [1.29, 1.82) is 0 Å². The maximum atomic E-state index is 12.9. The fourth-order valence-electron chi connectivity index (χ4n) is 3.69. The molecule has 2 aliphatic rings. The molecule has 0 spiro atoms. The number of hydrogen-bond donors (Lipinski definition) is 0. The molecule has 0 unspecified atom stereocenters. The number of hydrogen-bond acceptors (Lipinski definition) is 7. The fraction of sp³-hybridized carbons (Fsp3) is 0.368. The van der Waals surface area contributed by atoms with E-state index in [2.05, 4.69) is 20.0 Å². The second-order valence-corrected chi connectivity index (χ2v) is 6.88. The molecule has 3 aromatic rings. The first-order valence-corrected chi connectivity index (χ1v) is 9.25. The number of aromatic nitrogens is 4. The van der Waals surface area contributed by atoms with Gasteiger partial charge in [0.1, 0.15) is 18.8 Å². The summed E-state index contributed by atoms with van der Waals surface area (Å²) >= 11 is 0. The van der Waals surface area contributed by atoms with Crippen LogP contribution in [0, 0.1) is 0 Å². The van der Waals surface area contributed by atoms with Crippen molar-refractivity contribution in [3.63, 3.8) is 0 Å². The number of anilines is 1. The van der Waals surface area contributed by atoms with Crippen LogP contribution in [0.25, 0.3) is 11.0 Å². The Morgan fingerprint density at radius 1 is 1.11 bits per heavy atom. The lowest BCUT2D eigenvalue weighted by atomic mass is 10.2. The molecule has 0 bridgehead atoms. The highest BCUT2D eigenvalue weighted by molar-refractivity contribution is 5.87. The van der Waals surface area contributed by atoms with Gasteiger partial charge in [-0.2, -0.15) is 5.10 Å². The molecule has 9 heteroatoms. The second kappa shape index (κ2) is 6.66. The number of rotatable bonds is 2. The normalized spacial score (nSPS) is 19.1. The Morgan fingerprint density at radius 2 is 1.89 bits per heavy atom. The molecule has 1 fully saturated rings. The summed E-state index contributed by atoms with van der Waals surface area (Å²) < 4.78 is 13.3. The zero-order chi connectivity index (χ0) is 19.1. The summed E-state index contributed by atoms with van der Waals surface area (Å²) in [4.78, 5) is 25.6. The highest BCUT2D eigenvalue weighted by Gasteiger charge is 2.33.